The fraction of sp³-hybridized carbons (Fsp3) is 0.353. The van der Waals surface area contributed by atoms with Gasteiger partial charge in [0.05, 0.1) is 17.9 Å². The SMILES string of the molecule is CC(=O)Nc1nc(COC(=O)c2cccc(OCC(C)C)c2)cs1. The van der Waals surface area contributed by atoms with Crippen LogP contribution in [0.25, 0.3) is 0 Å². The van der Waals surface area contributed by atoms with Crippen LogP contribution < -0.4 is 10.1 Å². The number of ether oxygens (including phenoxy) is 2. The second-order valence-electron chi connectivity index (χ2n) is 5.63. The van der Waals surface area contributed by atoms with Gasteiger partial charge in [0, 0.05) is 12.3 Å². The number of anilines is 1. The summed E-state index contributed by atoms with van der Waals surface area (Å²) < 4.78 is 10.9. The van der Waals surface area contributed by atoms with Gasteiger partial charge < -0.3 is 14.8 Å². The Morgan fingerprint density at radius 3 is 2.83 bits per heavy atom. The number of amides is 1. The van der Waals surface area contributed by atoms with E-state index < -0.39 is 5.97 Å². The van der Waals surface area contributed by atoms with Crippen molar-refractivity contribution >= 4 is 28.3 Å². The molecule has 0 radical (unpaired) electrons. The molecule has 2 rings (SSSR count). The molecule has 0 aliphatic carbocycles. The summed E-state index contributed by atoms with van der Waals surface area (Å²) in [5, 5.41) is 4.81. The highest BCUT2D eigenvalue weighted by atomic mass is 32.1. The number of aromatic nitrogens is 1. The second-order valence-corrected chi connectivity index (χ2v) is 6.49. The highest BCUT2D eigenvalue weighted by molar-refractivity contribution is 7.13. The van der Waals surface area contributed by atoms with Gasteiger partial charge in [-0.15, -0.1) is 11.3 Å². The Bertz CT molecular complexity index is 712. The van der Waals surface area contributed by atoms with Crippen molar-refractivity contribution in [1.29, 1.82) is 0 Å². The van der Waals surface area contributed by atoms with Gasteiger partial charge in [-0.3, -0.25) is 4.79 Å². The maximum absolute atomic E-state index is 12.1. The monoisotopic (exact) mass is 348 g/mol. The number of carbonyl (C=O) groups excluding carboxylic acids is 2. The molecular formula is C17H20N2O4S. The summed E-state index contributed by atoms with van der Waals surface area (Å²) >= 11 is 1.28. The van der Waals surface area contributed by atoms with Gasteiger partial charge in [-0.05, 0) is 24.1 Å². The van der Waals surface area contributed by atoms with Crippen LogP contribution >= 0.6 is 11.3 Å². The normalized spacial score (nSPS) is 10.5. The Balaban J connectivity index is 1.91. The Hall–Kier alpha value is -2.41. The number of hydrogen-bond acceptors (Lipinski definition) is 6. The summed E-state index contributed by atoms with van der Waals surface area (Å²) in [5.74, 6) is 0.410. The first kappa shape index (κ1) is 17.9. The van der Waals surface area contributed by atoms with E-state index in [2.05, 4.69) is 24.1 Å². The molecule has 0 bridgehead atoms. The van der Waals surface area contributed by atoms with Crippen molar-refractivity contribution in [2.24, 2.45) is 5.92 Å². The summed E-state index contributed by atoms with van der Waals surface area (Å²) in [6.07, 6.45) is 0. The molecular weight excluding hydrogens is 328 g/mol. The van der Waals surface area contributed by atoms with Crippen molar-refractivity contribution in [3.63, 3.8) is 0 Å². The van der Waals surface area contributed by atoms with E-state index in [9.17, 15) is 9.59 Å². The molecule has 0 spiro atoms. The molecule has 1 aromatic carbocycles. The first-order chi connectivity index (χ1) is 11.4. The molecule has 24 heavy (non-hydrogen) atoms. The summed E-state index contributed by atoms with van der Waals surface area (Å²) in [6, 6.07) is 6.89. The molecule has 2 aromatic rings. The number of nitrogens with zero attached hydrogens (tertiary/aromatic N) is 1. The van der Waals surface area contributed by atoms with Gasteiger partial charge in [0.25, 0.3) is 0 Å². The summed E-state index contributed by atoms with van der Waals surface area (Å²) in [6.45, 7) is 6.16. The van der Waals surface area contributed by atoms with E-state index in [1.54, 1.807) is 29.6 Å². The van der Waals surface area contributed by atoms with E-state index in [0.29, 0.717) is 34.7 Å². The zero-order valence-electron chi connectivity index (χ0n) is 13.9. The van der Waals surface area contributed by atoms with E-state index in [-0.39, 0.29) is 12.5 Å². The van der Waals surface area contributed by atoms with Crippen LogP contribution in [0.2, 0.25) is 0 Å². The number of esters is 1. The van der Waals surface area contributed by atoms with Gasteiger partial charge in [0.15, 0.2) is 5.13 Å². The Morgan fingerprint density at radius 2 is 2.12 bits per heavy atom. The average molecular weight is 348 g/mol. The van der Waals surface area contributed by atoms with Gasteiger partial charge in [-0.25, -0.2) is 9.78 Å². The molecule has 0 unspecified atom stereocenters. The van der Waals surface area contributed by atoms with E-state index in [1.165, 1.54) is 18.3 Å². The van der Waals surface area contributed by atoms with Crippen molar-refractivity contribution in [3.8, 4) is 5.75 Å². The minimum absolute atomic E-state index is 0.0476. The van der Waals surface area contributed by atoms with Crippen molar-refractivity contribution in [1.82, 2.24) is 4.98 Å². The molecule has 0 fully saturated rings. The molecule has 0 saturated heterocycles. The fourth-order valence-corrected chi connectivity index (χ4v) is 2.52. The van der Waals surface area contributed by atoms with E-state index >= 15 is 0 Å². The lowest BCUT2D eigenvalue weighted by Gasteiger charge is -2.09. The van der Waals surface area contributed by atoms with Crippen LogP contribution in [0.5, 0.6) is 5.75 Å². The standard InChI is InChI=1S/C17H20N2O4S/c1-11(2)8-22-15-6-4-5-13(7-15)16(21)23-9-14-10-24-17(19-14)18-12(3)20/h4-7,10-11H,8-9H2,1-3H3,(H,18,19,20). The first-order valence-corrected chi connectivity index (χ1v) is 8.44. The molecule has 1 aromatic heterocycles. The highest BCUT2D eigenvalue weighted by Gasteiger charge is 2.11. The van der Waals surface area contributed by atoms with Crippen molar-refractivity contribution in [3.05, 3.63) is 40.9 Å². The van der Waals surface area contributed by atoms with Crippen molar-refractivity contribution in [2.45, 2.75) is 27.4 Å². The molecule has 0 atom stereocenters. The van der Waals surface area contributed by atoms with Crippen LogP contribution in [-0.4, -0.2) is 23.5 Å². The smallest absolute Gasteiger partial charge is 0.338 e. The number of thiazole rings is 1. The lowest BCUT2D eigenvalue weighted by Crippen LogP contribution is -2.08. The molecule has 1 amide bonds. The average Bonchev–Trinajstić information content (AvgIpc) is 2.97. The van der Waals surface area contributed by atoms with Gasteiger partial charge in [-0.1, -0.05) is 19.9 Å². The third-order valence-electron chi connectivity index (χ3n) is 2.84. The van der Waals surface area contributed by atoms with Crippen LogP contribution in [0.15, 0.2) is 29.6 Å². The largest absolute Gasteiger partial charge is 0.493 e. The first-order valence-electron chi connectivity index (χ1n) is 7.56. The van der Waals surface area contributed by atoms with Gasteiger partial charge in [0.1, 0.15) is 12.4 Å². The van der Waals surface area contributed by atoms with Gasteiger partial charge in [-0.2, -0.15) is 0 Å². The quantitative estimate of drug-likeness (QED) is 0.775. The maximum Gasteiger partial charge on any atom is 0.338 e. The van der Waals surface area contributed by atoms with Crippen LogP contribution in [0.4, 0.5) is 5.13 Å². The second kappa shape index (κ2) is 8.44. The summed E-state index contributed by atoms with van der Waals surface area (Å²) in [4.78, 5) is 27.2. The molecule has 7 heteroatoms. The topological polar surface area (TPSA) is 77.5 Å². The number of benzene rings is 1. The van der Waals surface area contributed by atoms with E-state index in [0.717, 1.165) is 0 Å². The zero-order chi connectivity index (χ0) is 17.5. The molecule has 128 valence electrons. The predicted octanol–water partition coefficient (Wildman–Crippen LogP) is 3.49. The fourth-order valence-electron chi connectivity index (χ4n) is 1.78. The lowest BCUT2D eigenvalue weighted by atomic mass is 10.2. The number of carbonyl (C=O) groups is 2. The van der Waals surface area contributed by atoms with Gasteiger partial charge >= 0.3 is 5.97 Å². The molecule has 0 aliphatic heterocycles. The van der Waals surface area contributed by atoms with Crippen LogP contribution in [0.3, 0.4) is 0 Å². The third-order valence-corrected chi connectivity index (χ3v) is 3.65. The maximum atomic E-state index is 12.1. The van der Waals surface area contributed by atoms with Gasteiger partial charge in [0.2, 0.25) is 5.91 Å². The van der Waals surface area contributed by atoms with Crippen LogP contribution in [0, 0.1) is 5.92 Å². The van der Waals surface area contributed by atoms with Crippen molar-refractivity contribution < 1.29 is 19.1 Å². The van der Waals surface area contributed by atoms with Crippen molar-refractivity contribution in [2.75, 3.05) is 11.9 Å². The highest BCUT2D eigenvalue weighted by Crippen LogP contribution is 2.18. The van der Waals surface area contributed by atoms with Crippen LogP contribution in [-0.2, 0) is 16.1 Å². The number of rotatable bonds is 7. The Kier molecular flexibility index (Phi) is 6.31. The number of nitrogens with one attached hydrogen (secondary N) is 1. The minimum Gasteiger partial charge on any atom is -0.493 e. The number of hydrogen-bond donors (Lipinski definition) is 1. The molecule has 6 nitrogen and oxygen atoms in total. The lowest BCUT2D eigenvalue weighted by molar-refractivity contribution is -0.114. The Labute approximate surface area is 144 Å². The minimum atomic E-state index is -0.445. The third kappa shape index (κ3) is 5.66. The van der Waals surface area contributed by atoms with Crippen LogP contribution in [0.1, 0.15) is 36.8 Å². The molecule has 1 N–H and O–H groups in total. The zero-order valence-corrected chi connectivity index (χ0v) is 14.7. The summed E-state index contributed by atoms with van der Waals surface area (Å²) in [5.41, 5.74) is 1.01. The van der Waals surface area contributed by atoms with E-state index in [1.807, 2.05) is 0 Å². The molecule has 0 saturated carbocycles. The molecule has 1 heterocycles. The molecule has 0 aliphatic rings. The summed E-state index contributed by atoms with van der Waals surface area (Å²) in [7, 11) is 0. The predicted molar refractivity (Wildman–Crippen MR) is 92.3 cm³/mol. The Morgan fingerprint density at radius 1 is 1.33 bits per heavy atom. The van der Waals surface area contributed by atoms with E-state index in [4.69, 9.17) is 9.47 Å².